The van der Waals surface area contributed by atoms with Gasteiger partial charge in [-0.15, -0.1) is 0 Å². The number of para-hydroxylation sites is 2. The van der Waals surface area contributed by atoms with Gasteiger partial charge < -0.3 is 10.3 Å². The van der Waals surface area contributed by atoms with Crippen molar-refractivity contribution in [2.24, 2.45) is 0 Å². The molecule has 148 valence electrons. The van der Waals surface area contributed by atoms with E-state index in [1.807, 2.05) is 62.4 Å². The third-order valence-corrected chi connectivity index (χ3v) is 4.97. The number of rotatable bonds is 6. The lowest BCUT2D eigenvalue weighted by atomic mass is 10.0. The van der Waals surface area contributed by atoms with Crippen molar-refractivity contribution in [1.82, 2.24) is 25.1 Å². The molecule has 0 atom stereocenters. The number of nitrogens with one attached hydrogen (secondary N) is 2. The zero-order chi connectivity index (χ0) is 20.4. The van der Waals surface area contributed by atoms with Crippen molar-refractivity contribution < 1.29 is 4.79 Å². The summed E-state index contributed by atoms with van der Waals surface area (Å²) in [5.41, 5.74) is 4.19. The van der Waals surface area contributed by atoms with Crippen LogP contribution in [-0.4, -0.2) is 32.2 Å². The number of aromatic nitrogens is 4. The number of imidazole rings is 1. The van der Waals surface area contributed by atoms with E-state index in [1.54, 1.807) is 10.9 Å². The highest BCUT2D eigenvalue weighted by molar-refractivity contribution is 6.30. The molecule has 2 N–H and O–H groups in total. The summed E-state index contributed by atoms with van der Waals surface area (Å²) in [4.78, 5) is 20.6. The van der Waals surface area contributed by atoms with Crippen molar-refractivity contribution >= 4 is 28.5 Å². The molecule has 6 nitrogen and oxygen atoms in total. The predicted octanol–water partition coefficient (Wildman–Crippen LogP) is 4.50. The Balaban J connectivity index is 1.49. The van der Waals surface area contributed by atoms with Gasteiger partial charge in [0.1, 0.15) is 5.82 Å². The van der Waals surface area contributed by atoms with E-state index in [0.29, 0.717) is 23.6 Å². The van der Waals surface area contributed by atoms with Gasteiger partial charge in [0.05, 0.1) is 34.2 Å². The lowest BCUT2D eigenvalue weighted by Crippen LogP contribution is -2.27. The van der Waals surface area contributed by atoms with Crippen molar-refractivity contribution in [2.75, 3.05) is 6.54 Å². The first kappa shape index (κ1) is 19.2. The molecule has 0 unspecified atom stereocenters. The maximum absolute atomic E-state index is 12.8. The number of carbonyl (C=O) groups is 1. The fourth-order valence-electron chi connectivity index (χ4n) is 3.42. The van der Waals surface area contributed by atoms with Gasteiger partial charge >= 0.3 is 0 Å². The number of amides is 1. The molecule has 7 heteroatoms. The fourth-order valence-corrected chi connectivity index (χ4v) is 3.60. The first-order valence-corrected chi connectivity index (χ1v) is 9.96. The Morgan fingerprint density at radius 1 is 1.21 bits per heavy atom. The van der Waals surface area contributed by atoms with Crippen molar-refractivity contribution in [3.05, 3.63) is 76.8 Å². The number of nitrogens with zero attached hydrogens (tertiary/aromatic N) is 3. The molecule has 0 radical (unpaired) electrons. The van der Waals surface area contributed by atoms with Gasteiger partial charge in [0.2, 0.25) is 0 Å². The van der Waals surface area contributed by atoms with Gasteiger partial charge in [-0.25, -0.2) is 9.67 Å². The number of fused-ring (bicyclic) bond motifs is 1. The average molecular weight is 408 g/mol. The summed E-state index contributed by atoms with van der Waals surface area (Å²) in [6.07, 6.45) is 2.24. The predicted molar refractivity (Wildman–Crippen MR) is 115 cm³/mol. The molecule has 2 heterocycles. The van der Waals surface area contributed by atoms with Crippen molar-refractivity contribution in [3.63, 3.8) is 0 Å². The molecule has 0 bridgehead atoms. The molecule has 0 saturated heterocycles. The molecule has 2 aromatic carbocycles. The Morgan fingerprint density at radius 2 is 2.03 bits per heavy atom. The summed E-state index contributed by atoms with van der Waals surface area (Å²) in [5, 5.41) is 8.06. The van der Waals surface area contributed by atoms with Crippen LogP contribution in [0.4, 0.5) is 0 Å². The van der Waals surface area contributed by atoms with E-state index >= 15 is 0 Å². The van der Waals surface area contributed by atoms with E-state index in [2.05, 4.69) is 20.4 Å². The third kappa shape index (κ3) is 4.03. The number of halogens is 1. The van der Waals surface area contributed by atoms with Crippen LogP contribution in [0.3, 0.4) is 0 Å². The van der Waals surface area contributed by atoms with E-state index < -0.39 is 0 Å². The first-order valence-electron chi connectivity index (χ1n) is 9.58. The molecule has 29 heavy (non-hydrogen) atoms. The van der Waals surface area contributed by atoms with E-state index in [-0.39, 0.29) is 11.8 Å². The topological polar surface area (TPSA) is 75.6 Å². The van der Waals surface area contributed by atoms with Crippen LogP contribution >= 0.6 is 11.6 Å². The van der Waals surface area contributed by atoms with Gasteiger partial charge in [0.25, 0.3) is 5.91 Å². The SMILES string of the molecule is CC(C)c1c(C(=O)NCCc2nc3ccccc3[nH]2)cnn1-c1cccc(Cl)c1. The fraction of sp³-hybridized carbons (Fsp3) is 0.227. The molecule has 0 aliphatic rings. The molecular formula is C22H22ClN5O. The highest BCUT2D eigenvalue weighted by atomic mass is 35.5. The minimum atomic E-state index is -0.141. The van der Waals surface area contributed by atoms with Crippen molar-refractivity contribution in [2.45, 2.75) is 26.2 Å². The number of benzene rings is 2. The molecule has 2 aromatic heterocycles. The largest absolute Gasteiger partial charge is 0.351 e. The maximum atomic E-state index is 12.8. The second-order valence-electron chi connectivity index (χ2n) is 7.20. The zero-order valence-electron chi connectivity index (χ0n) is 16.3. The lowest BCUT2D eigenvalue weighted by Gasteiger charge is -2.13. The van der Waals surface area contributed by atoms with Crippen LogP contribution in [0.1, 0.15) is 41.6 Å². The zero-order valence-corrected chi connectivity index (χ0v) is 17.1. The number of hydrogen-bond donors (Lipinski definition) is 2. The van der Waals surface area contributed by atoms with Crippen LogP contribution in [0.2, 0.25) is 5.02 Å². The monoisotopic (exact) mass is 407 g/mol. The summed E-state index contributed by atoms with van der Waals surface area (Å²) in [7, 11) is 0. The Morgan fingerprint density at radius 3 is 2.79 bits per heavy atom. The summed E-state index contributed by atoms with van der Waals surface area (Å²) in [6.45, 7) is 4.57. The summed E-state index contributed by atoms with van der Waals surface area (Å²) in [6, 6.07) is 15.3. The Kier molecular flexibility index (Phi) is 5.36. The molecule has 0 aliphatic carbocycles. The summed E-state index contributed by atoms with van der Waals surface area (Å²) < 4.78 is 1.78. The van der Waals surface area contributed by atoms with Gasteiger partial charge in [0, 0.05) is 18.0 Å². The van der Waals surface area contributed by atoms with Gasteiger partial charge in [-0.3, -0.25) is 4.79 Å². The van der Waals surface area contributed by atoms with Gasteiger partial charge in [-0.1, -0.05) is 43.6 Å². The van der Waals surface area contributed by atoms with Crippen LogP contribution < -0.4 is 5.32 Å². The second kappa shape index (κ2) is 8.09. The maximum Gasteiger partial charge on any atom is 0.254 e. The lowest BCUT2D eigenvalue weighted by molar-refractivity contribution is 0.0952. The van der Waals surface area contributed by atoms with Crippen LogP contribution in [0, 0.1) is 0 Å². The Bertz CT molecular complexity index is 1130. The van der Waals surface area contributed by atoms with Crippen molar-refractivity contribution in [3.8, 4) is 5.69 Å². The molecule has 4 aromatic rings. The Labute approximate surface area is 173 Å². The number of aromatic amines is 1. The van der Waals surface area contributed by atoms with E-state index in [1.165, 1.54) is 0 Å². The Hall–Kier alpha value is -3.12. The highest BCUT2D eigenvalue weighted by Gasteiger charge is 2.21. The minimum absolute atomic E-state index is 0.118. The molecular weight excluding hydrogens is 386 g/mol. The first-order chi connectivity index (χ1) is 14.0. The van der Waals surface area contributed by atoms with Gasteiger partial charge in [0.15, 0.2) is 0 Å². The average Bonchev–Trinajstić information content (AvgIpc) is 3.32. The second-order valence-corrected chi connectivity index (χ2v) is 7.63. The summed E-state index contributed by atoms with van der Waals surface area (Å²) in [5.74, 6) is 0.830. The van der Waals surface area contributed by atoms with E-state index in [4.69, 9.17) is 11.6 Å². The van der Waals surface area contributed by atoms with Crippen LogP contribution in [-0.2, 0) is 6.42 Å². The minimum Gasteiger partial charge on any atom is -0.351 e. The number of carbonyl (C=O) groups excluding carboxylic acids is 1. The van der Waals surface area contributed by atoms with Crippen LogP contribution in [0.25, 0.3) is 16.7 Å². The summed E-state index contributed by atoms with van der Waals surface area (Å²) >= 11 is 6.12. The van der Waals surface area contributed by atoms with E-state index in [9.17, 15) is 4.79 Å². The number of hydrogen-bond acceptors (Lipinski definition) is 3. The van der Waals surface area contributed by atoms with Crippen LogP contribution in [0.5, 0.6) is 0 Å². The molecule has 0 fully saturated rings. The normalized spacial score (nSPS) is 11.3. The highest BCUT2D eigenvalue weighted by Crippen LogP contribution is 2.24. The molecule has 0 spiro atoms. The molecule has 0 saturated carbocycles. The van der Waals surface area contributed by atoms with E-state index in [0.717, 1.165) is 28.2 Å². The standard InChI is InChI=1S/C22H22ClN5O/c1-14(2)21-17(13-25-28(21)16-7-5-6-15(23)12-16)22(29)24-11-10-20-26-18-8-3-4-9-19(18)27-20/h3-9,12-14H,10-11H2,1-2H3,(H,24,29)(H,26,27). The third-order valence-electron chi connectivity index (χ3n) is 4.74. The number of H-pyrrole nitrogens is 1. The molecule has 1 amide bonds. The molecule has 0 aliphatic heterocycles. The van der Waals surface area contributed by atoms with Crippen molar-refractivity contribution in [1.29, 1.82) is 0 Å². The smallest absolute Gasteiger partial charge is 0.254 e. The van der Waals surface area contributed by atoms with Gasteiger partial charge in [-0.2, -0.15) is 5.10 Å². The quantitative estimate of drug-likeness (QED) is 0.494. The van der Waals surface area contributed by atoms with Gasteiger partial charge in [-0.05, 0) is 36.2 Å². The van der Waals surface area contributed by atoms with Crippen LogP contribution in [0.15, 0.2) is 54.7 Å². The molecule has 4 rings (SSSR count).